The van der Waals surface area contributed by atoms with Gasteiger partial charge in [-0.3, -0.25) is 0 Å². The van der Waals surface area contributed by atoms with E-state index in [-0.39, 0.29) is 11.3 Å². The summed E-state index contributed by atoms with van der Waals surface area (Å²) in [7, 11) is 0. The van der Waals surface area contributed by atoms with Crippen LogP contribution in [-0.4, -0.2) is 16.9 Å². The van der Waals surface area contributed by atoms with Gasteiger partial charge in [0.1, 0.15) is 17.2 Å². The summed E-state index contributed by atoms with van der Waals surface area (Å²) in [5, 5.41) is 0. The molecular formula is C31H21NO4. The van der Waals surface area contributed by atoms with Crippen LogP contribution in [0.3, 0.4) is 0 Å². The van der Waals surface area contributed by atoms with Crippen LogP contribution in [0.15, 0.2) is 128 Å². The maximum atomic E-state index is 12.5. The van der Waals surface area contributed by atoms with Crippen LogP contribution in [0.4, 0.5) is 0 Å². The molecule has 5 rings (SSSR count). The van der Waals surface area contributed by atoms with Crippen molar-refractivity contribution >= 4 is 11.9 Å². The number of rotatable bonds is 6. The molecule has 1 aromatic heterocycles. The molecule has 0 aliphatic heterocycles. The molecule has 0 N–H and O–H groups in total. The lowest BCUT2D eigenvalue weighted by Gasteiger charge is -2.07. The lowest BCUT2D eigenvalue weighted by Crippen LogP contribution is -2.13. The lowest BCUT2D eigenvalue weighted by molar-refractivity contribution is 0.0715. The van der Waals surface area contributed by atoms with E-state index in [1.165, 1.54) is 18.3 Å². The molecule has 5 nitrogen and oxygen atoms in total. The predicted molar refractivity (Wildman–Crippen MR) is 138 cm³/mol. The first-order valence-corrected chi connectivity index (χ1v) is 11.4. The second-order valence-corrected chi connectivity index (χ2v) is 7.99. The Labute approximate surface area is 208 Å². The Bertz CT molecular complexity index is 1350. The highest BCUT2D eigenvalue weighted by molar-refractivity contribution is 5.93. The largest absolute Gasteiger partial charge is 0.423 e. The SMILES string of the molecule is O=C(Oc1ccc(-c2ccccc2)cc1)c1ccc(C(=O)Oc2ccc(-c3ccccc3)cc2)nc1. The summed E-state index contributed by atoms with van der Waals surface area (Å²) >= 11 is 0. The first-order valence-electron chi connectivity index (χ1n) is 11.4. The smallest absolute Gasteiger partial charge is 0.362 e. The molecule has 0 saturated heterocycles. The van der Waals surface area contributed by atoms with Crippen LogP contribution < -0.4 is 9.47 Å². The standard InChI is InChI=1S/C31H21NO4/c33-30(35-27-16-11-24(12-17-27)22-7-3-1-4-8-22)26-15-20-29(32-21-26)31(34)36-28-18-13-25(14-19-28)23-9-5-2-6-10-23/h1-21H. The zero-order valence-electron chi connectivity index (χ0n) is 19.2. The van der Waals surface area contributed by atoms with Crippen LogP contribution >= 0.6 is 0 Å². The van der Waals surface area contributed by atoms with Gasteiger partial charge in [-0.1, -0.05) is 84.9 Å². The Morgan fingerprint density at radius 2 is 0.917 bits per heavy atom. The van der Waals surface area contributed by atoms with Crippen molar-refractivity contribution in [3.63, 3.8) is 0 Å². The normalized spacial score (nSPS) is 10.4. The second-order valence-electron chi connectivity index (χ2n) is 7.99. The summed E-state index contributed by atoms with van der Waals surface area (Å²) in [6.45, 7) is 0. The van der Waals surface area contributed by atoms with Crippen molar-refractivity contribution < 1.29 is 19.1 Å². The van der Waals surface area contributed by atoms with Crippen molar-refractivity contribution in [3.05, 3.63) is 139 Å². The quantitative estimate of drug-likeness (QED) is 0.200. The van der Waals surface area contributed by atoms with E-state index >= 15 is 0 Å². The topological polar surface area (TPSA) is 65.5 Å². The van der Waals surface area contributed by atoms with Crippen LogP contribution in [0.1, 0.15) is 20.8 Å². The molecule has 0 bridgehead atoms. The molecule has 0 amide bonds. The second kappa shape index (κ2) is 10.5. The van der Waals surface area contributed by atoms with E-state index in [9.17, 15) is 9.59 Å². The van der Waals surface area contributed by atoms with Gasteiger partial charge >= 0.3 is 11.9 Å². The molecule has 36 heavy (non-hydrogen) atoms. The fraction of sp³-hybridized carbons (Fsp3) is 0. The summed E-state index contributed by atoms with van der Waals surface area (Å²) < 4.78 is 10.9. The van der Waals surface area contributed by atoms with E-state index in [2.05, 4.69) is 4.98 Å². The zero-order chi connectivity index (χ0) is 24.7. The monoisotopic (exact) mass is 471 g/mol. The van der Waals surface area contributed by atoms with Crippen molar-refractivity contribution in [2.45, 2.75) is 0 Å². The van der Waals surface area contributed by atoms with E-state index < -0.39 is 11.9 Å². The molecule has 0 saturated carbocycles. The number of benzene rings is 4. The number of hydrogen-bond donors (Lipinski definition) is 0. The number of esters is 2. The van der Waals surface area contributed by atoms with Gasteiger partial charge in [-0.15, -0.1) is 0 Å². The maximum Gasteiger partial charge on any atom is 0.362 e. The van der Waals surface area contributed by atoms with Crippen molar-refractivity contribution in [1.82, 2.24) is 4.98 Å². The molecule has 0 atom stereocenters. The van der Waals surface area contributed by atoms with Gasteiger partial charge < -0.3 is 9.47 Å². The molecule has 0 spiro atoms. The minimum Gasteiger partial charge on any atom is -0.423 e. The lowest BCUT2D eigenvalue weighted by atomic mass is 10.1. The molecule has 5 heteroatoms. The summed E-state index contributed by atoms with van der Waals surface area (Å²) in [4.78, 5) is 29.1. The molecule has 4 aromatic carbocycles. The third-order valence-electron chi connectivity index (χ3n) is 5.55. The van der Waals surface area contributed by atoms with Crippen molar-refractivity contribution in [2.75, 3.05) is 0 Å². The van der Waals surface area contributed by atoms with Crippen LogP contribution in [0.2, 0.25) is 0 Å². The molecule has 0 aliphatic carbocycles. The fourth-order valence-corrected chi connectivity index (χ4v) is 3.65. The van der Waals surface area contributed by atoms with Crippen molar-refractivity contribution in [1.29, 1.82) is 0 Å². The van der Waals surface area contributed by atoms with E-state index in [0.717, 1.165) is 22.3 Å². The summed E-state index contributed by atoms with van der Waals surface area (Å²) in [5.74, 6) is -0.351. The number of nitrogens with zero attached hydrogens (tertiary/aromatic N) is 1. The van der Waals surface area contributed by atoms with E-state index in [0.29, 0.717) is 11.5 Å². The molecule has 0 aliphatic rings. The fourth-order valence-electron chi connectivity index (χ4n) is 3.65. The van der Waals surface area contributed by atoms with Gasteiger partial charge in [-0.05, 0) is 58.7 Å². The minimum atomic E-state index is -0.612. The molecule has 174 valence electrons. The summed E-state index contributed by atoms with van der Waals surface area (Å²) in [6, 6.07) is 37.3. The van der Waals surface area contributed by atoms with Crippen molar-refractivity contribution in [3.8, 4) is 33.8 Å². The van der Waals surface area contributed by atoms with E-state index in [4.69, 9.17) is 9.47 Å². The minimum absolute atomic E-state index is 0.0888. The average Bonchev–Trinajstić information content (AvgIpc) is 2.95. The van der Waals surface area contributed by atoms with Gasteiger partial charge in [0.05, 0.1) is 5.56 Å². The van der Waals surface area contributed by atoms with E-state index in [1.807, 2.05) is 84.9 Å². The Morgan fingerprint density at radius 1 is 0.472 bits per heavy atom. The van der Waals surface area contributed by atoms with E-state index in [1.54, 1.807) is 24.3 Å². The molecular weight excluding hydrogens is 450 g/mol. The molecule has 5 aromatic rings. The van der Waals surface area contributed by atoms with Crippen LogP contribution in [-0.2, 0) is 0 Å². The first kappa shape index (κ1) is 22.7. The third-order valence-corrected chi connectivity index (χ3v) is 5.55. The zero-order valence-corrected chi connectivity index (χ0v) is 19.2. The van der Waals surface area contributed by atoms with Gasteiger partial charge in [0.2, 0.25) is 0 Å². The van der Waals surface area contributed by atoms with Gasteiger partial charge in [-0.25, -0.2) is 14.6 Å². The first-order chi connectivity index (χ1) is 17.7. The maximum absolute atomic E-state index is 12.5. The van der Waals surface area contributed by atoms with Crippen LogP contribution in [0.25, 0.3) is 22.3 Å². The molecule has 0 fully saturated rings. The van der Waals surface area contributed by atoms with Crippen molar-refractivity contribution in [2.24, 2.45) is 0 Å². The van der Waals surface area contributed by atoms with Gasteiger partial charge in [0.15, 0.2) is 0 Å². The highest BCUT2D eigenvalue weighted by Crippen LogP contribution is 2.24. The number of ether oxygens (including phenoxy) is 2. The third kappa shape index (κ3) is 5.37. The predicted octanol–water partition coefficient (Wildman–Crippen LogP) is 6.85. The highest BCUT2D eigenvalue weighted by atomic mass is 16.5. The van der Waals surface area contributed by atoms with Crippen LogP contribution in [0, 0.1) is 0 Å². The van der Waals surface area contributed by atoms with Crippen LogP contribution in [0.5, 0.6) is 11.5 Å². The Morgan fingerprint density at radius 3 is 1.36 bits per heavy atom. The molecule has 0 radical (unpaired) electrons. The Balaban J connectivity index is 1.19. The molecule has 1 heterocycles. The Hall–Kier alpha value is -5.03. The average molecular weight is 472 g/mol. The van der Waals surface area contributed by atoms with Gasteiger partial charge in [0, 0.05) is 6.20 Å². The number of aromatic nitrogens is 1. The Kier molecular flexibility index (Phi) is 6.63. The van der Waals surface area contributed by atoms with Gasteiger partial charge in [-0.2, -0.15) is 0 Å². The number of carbonyl (C=O) groups is 2. The summed E-state index contributed by atoms with van der Waals surface area (Å²) in [6.07, 6.45) is 1.30. The number of hydrogen-bond acceptors (Lipinski definition) is 5. The van der Waals surface area contributed by atoms with Gasteiger partial charge in [0.25, 0.3) is 0 Å². The summed E-state index contributed by atoms with van der Waals surface area (Å²) in [5.41, 5.74) is 4.51. The number of pyridine rings is 1. The molecule has 0 unspecified atom stereocenters. The number of carbonyl (C=O) groups excluding carboxylic acids is 2. The highest BCUT2D eigenvalue weighted by Gasteiger charge is 2.14.